The van der Waals surface area contributed by atoms with Gasteiger partial charge in [0.15, 0.2) is 5.82 Å². The van der Waals surface area contributed by atoms with Crippen LogP contribution in [0.1, 0.15) is 11.3 Å². The lowest BCUT2D eigenvalue weighted by Crippen LogP contribution is -2.02. The van der Waals surface area contributed by atoms with E-state index < -0.39 is 0 Å². The van der Waals surface area contributed by atoms with E-state index >= 15 is 0 Å². The summed E-state index contributed by atoms with van der Waals surface area (Å²) < 4.78 is 18.4. The maximum atomic E-state index is 13.1. The second kappa shape index (κ2) is 3.78. The number of rotatable bonds is 1. The zero-order chi connectivity index (χ0) is 11.8. The largest absolute Gasteiger partial charge is 0.383 e. The molecule has 0 saturated heterocycles. The third-order valence-corrected chi connectivity index (χ3v) is 2.69. The van der Waals surface area contributed by atoms with Gasteiger partial charge in [-0.1, -0.05) is 12.1 Å². The molecular formula is C12H10FN3O. The molecule has 0 fully saturated rings. The molecule has 1 aromatic heterocycles. The van der Waals surface area contributed by atoms with Crippen molar-refractivity contribution in [3.63, 3.8) is 0 Å². The molecule has 0 spiro atoms. The highest BCUT2D eigenvalue weighted by Gasteiger charge is 2.18. The molecule has 0 aliphatic carbocycles. The van der Waals surface area contributed by atoms with Crippen molar-refractivity contribution < 1.29 is 9.13 Å². The highest BCUT2D eigenvalue weighted by Crippen LogP contribution is 2.26. The zero-order valence-corrected chi connectivity index (χ0v) is 8.98. The summed E-state index contributed by atoms with van der Waals surface area (Å²) in [4.78, 5) is 8.52. The van der Waals surface area contributed by atoms with Gasteiger partial charge < -0.3 is 10.5 Å². The number of halogens is 1. The average Bonchev–Trinajstić information content (AvgIpc) is 2.77. The second-order valence-corrected chi connectivity index (χ2v) is 3.86. The molecule has 3 rings (SSSR count). The first kappa shape index (κ1) is 10.2. The van der Waals surface area contributed by atoms with Crippen LogP contribution in [0.25, 0.3) is 11.4 Å². The molecule has 1 aliphatic heterocycles. The van der Waals surface area contributed by atoms with Gasteiger partial charge in [-0.05, 0) is 12.1 Å². The van der Waals surface area contributed by atoms with E-state index in [0.717, 1.165) is 11.3 Å². The van der Waals surface area contributed by atoms with Crippen LogP contribution in [0.4, 0.5) is 10.2 Å². The minimum Gasteiger partial charge on any atom is -0.383 e. The predicted octanol–water partition coefficient (Wildman–Crippen LogP) is 1.90. The normalized spacial score (nSPS) is 13.7. The summed E-state index contributed by atoms with van der Waals surface area (Å²) in [5.74, 6) is 0.527. The first-order valence-electron chi connectivity index (χ1n) is 5.23. The first-order chi connectivity index (χ1) is 8.24. The standard InChI is InChI=1S/C12H10FN3O/c13-8-3-1-2-7(4-8)12-15-10-6-17-5-9(10)11(14)16-12/h1-4H,5-6H2,(H2,14,15,16). The minimum absolute atomic E-state index is 0.318. The van der Waals surface area contributed by atoms with Crippen LogP contribution >= 0.6 is 0 Å². The molecule has 1 aromatic carbocycles. The van der Waals surface area contributed by atoms with Crippen LogP contribution in [-0.4, -0.2) is 9.97 Å². The van der Waals surface area contributed by atoms with Crippen molar-refractivity contribution in [2.75, 3.05) is 5.73 Å². The van der Waals surface area contributed by atoms with Crippen LogP contribution in [-0.2, 0) is 18.0 Å². The molecule has 0 atom stereocenters. The molecule has 2 N–H and O–H groups in total. The molecule has 0 saturated carbocycles. The number of nitrogen functional groups attached to an aromatic ring is 1. The Kier molecular flexibility index (Phi) is 2.26. The van der Waals surface area contributed by atoms with Crippen molar-refractivity contribution in [3.05, 3.63) is 41.3 Å². The van der Waals surface area contributed by atoms with E-state index in [1.807, 2.05) is 0 Å². The minimum atomic E-state index is -0.318. The molecule has 17 heavy (non-hydrogen) atoms. The molecule has 4 nitrogen and oxygen atoms in total. The van der Waals surface area contributed by atoms with Crippen molar-refractivity contribution in [1.29, 1.82) is 0 Å². The molecule has 5 heteroatoms. The van der Waals surface area contributed by atoms with Crippen molar-refractivity contribution in [2.45, 2.75) is 13.2 Å². The van der Waals surface area contributed by atoms with Crippen molar-refractivity contribution >= 4 is 5.82 Å². The molecule has 2 aromatic rings. The van der Waals surface area contributed by atoms with Gasteiger partial charge in [-0.3, -0.25) is 0 Å². The smallest absolute Gasteiger partial charge is 0.161 e. The number of fused-ring (bicyclic) bond motifs is 1. The van der Waals surface area contributed by atoms with Gasteiger partial charge in [0.1, 0.15) is 11.6 Å². The third-order valence-electron chi connectivity index (χ3n) is 2.69. The van der Waals surface area contributed by atoms with E-state index in [0.29, 0.717) is 30.4 Å². The SMILES string of the molecule is Nc1nc(-c2cccc(F)c2)nc2c1COC2. The number of ether oxygens (including phenoxy) is 1. The first-order valence-corrected chi connectivity index (χ1v) is 5.23. The summed E-state index contributed by atoms with van der Waals surface area (Å²) in [5, 5.41) is 0. The fraction of sp³-hybridized carbons (Fsp3) is 0.167. The van der Waals surface area contributed by atoms with Crippen LogP contribution in [0.5, 0.6) is 0 Å². The monoisotopic (exact) mass is 231 g/mol. The van der Waals surface area contributed by atoms with Gasteiger partial charge in [0.2, 0.25) is 0 Å². The summed E-state index contributed by atoms with van der Waals surface area (Å²) in [6, 6.07) is 6.13. The lowest BCUT2D eigenvalue weighted by molar-refractivity contribution is 0.133. The molecule has 0 unspecified atom stereocenters. The number of hydrogen-bond acceptors (Lipinski definition) is 4. The Morgan fingerprint density at radius 1 is 1.24 bits per heavy atom. The van der Waals surface area contributed by atoms with E-state index in [1.54, 1.807) is 12.1 Å². The fourth-order valence-electron chi connectivity index (χ4n) is 1.83. The molecule has 0 amide bonds. The van der Waals surface area contributed by atoms with Crippen molar-refractivity contribution in [2.24, 2.45) is 0 Å². The number of benzene rings is 1. The fourth-order valence-corrected chi connectivity index (χ4v) is 1.83. The number of aromatic nitrogens is 2. The van der Waals surface area contributed by atoms with Gasteiger partial charge >= 0.3 is 0 Å². The average molecular weight is 231 g/mol. The lowest BCUT2D eigenvalue weighted by atomic mass is 10.2. The van der Waals surface area contributed by atoms with E-state index in [-0.39, 0.29) is 5.82 Å². The van der Waals surface area contributed by atoms with Crippen molar-refractivity contribution in [3.8, 4) is 11.4 Å². The van der Waals surface area contributed by atoms with Gasteiger partial charge in [0, 0.05) is 11.1 Å². The number of nitrogens with two attached hydrogens (primary N) is 1. The van der Waals surface area contributed by atoms with E-state index in [4.69, 9.17) is 10.5 Å². The Morgan fingerprint density at radius 2 is 2.12 bits per heavy atom. The van der Waals surface area contributed by atoms with E-state index in [9.17, 15) is 4.39 Å². The van der Waals surface area contributed by atoms with E-state index in [1.165, 1.54) is 12.1 Å². The highest BCUT2D eigenvalue weighted by molar-refractivity contribution is 5.59. The molecule has 1 aliphatic rings. The maximum absolute atomic E-state index is 13.1. The number of hydrogen-bond donors (Lipinski definition) is 1. The van der Waals surface area contributed by atoms with Gasteiger partial charge in [-0.25, -0.2) is 14.4 Å². The molecule has 2 heterocycles. The Balaban J connectivity index is 2.13. The van der Waals surface area contributed by atoms with Crippen LogP contribution in [0.2, 0.25) is 0 Å². The van der Waals surface area contributed by atoms with Gasteiger partial charge in [0.25, 0.3) is 0 Å². The molecule has 86 valence electrons. The van der Waals surface area contributed by atoms with Gasteiger partial charge in [-0.15, -0.1) is 0 Å². The lowest BCUT2D eigenvalue weighted by Gasteiger charge is -2.05. The Hall–Kier alpha value is -2.01. The summed E-state index contributed by atoms with van der Waals surface area (Å²) >= 11 is 0. The quantitative estimate of drug-likeness (QED) is 0.814. The van der Waals surface area contributed by atoms with Crippen LogP contribution < -0.4 is 5.73 Å². The van der Waals surface area contributed by atoms with Crippen LogP contribution in [0.15, 0.2) is 24.3 Å². The molecule has 0 bridgehead atoms. The van der Waals surface area contributed by atoms with Crippen molar-refractivity contribution in [1.82, 2.24) is 9.97 Å². The Labute approximate surface area is 97.3 Å². The summed E-state index contributed by atoms with van der Waals surface area (Å²) in [5.41, 5.74) is 8.07. The number of nitrogens with zero attached hydrogens (tertiary/aromatic N) is 2. The highest BCUT2D eigenvalue weighted by atomic mass is 19.1. The zero-order valence-electron chi connectivity index (χ0n) is 8.98. The molecule has 0 radical (unpaired) electrons. The summed E-state index contributed by atoms with van der Waals surface area (Å²) in [6.07, 6.45) is 0. The third kappa shape index (κ3) is 1.74. The van der Waals surface area contributed by atoms with Gasteiger partial charge in [-0.2, -0.15) is 0 Å². The van der Waals surface area contributed by atoms with Crippen LogP contribution in [0.3, 0.4) is 0 Å². The predicted molar refractivity (Wildman–Crippen MR) is 60.3 cm³/mol. The van der Waals surface area contributed by atoms with Gasteiger partial charge in [0.05, 0.1) is 18.9 Å². The number of anilines is 1. The second-order valence-electron chi connectivity index (χ2n) is 3.86. The van der Waals surface area contributed by atoms with E-state index in [2.05, 4.69) is 9.97 Å². The Morgan fingerprint density at radius 3 is 2.94 bits per heavy atom. The van der Waals surface area contributed by atoms with Crippen LogP contribution in [0, 0.1) is 5.82 Å². The maximum Gasteiger partial charge on any atom is 0.161 e. The summed E-state index contributed by atoms with van der Waals surface area (Å²) in [6.45, 7) is 0.884. The topological polar surface area (TPSA) is 61.0 Å². The molecular weight excluding hydrogens is 221 g/mol. The summed E-state index contributed by atoms with van der Waals surface area (Å²) in [7, 11) is 0. The Bertz CT molecular complexity index is 586.